The Kier molecular flexibility index (Phi) is 10.0. The molecule has 0 saturated heterocycles. The first kappa shape index (κ1) is 31.4. The summed E-state index contributed by atoms with van der Waals surface area (Å²) in [6.45, 7) is 6.12. The van der Waals surface area contributed by atoms with E-state index in [0.29, 0.717) is 37.2 Å². The first-order valence-corrected chi connectivity index (χ1v) is 17.0. The number of esters is 1. The lowest BCUT2D eigenvalue weighted by Gasteiger charge is -2.14. The average Bonchev–Trinajstić information content (AvgIpc) is 3.62. The van der Waals surface area contributed by atoms with Gasteiger partial charge in [-0.25, -0.2) is 4.79 Å². The van der Waals surface area contributed by atoms with Crippen LogP contribution in [0.25, 0.3) is 32.8 Å². The van der Waals surface area contributed by atoms with Crippen molar-refractivity contribution in [2.45, 2.75) is 45.0 Å². The Bertz CT molecular complexity index is 1940. The second kappa shape index (κ2) is 14.7. The van der Waals surface area contributed by atoms with Gasteiger partial charge in [0, 0.05) is 46.0 Å². The first-order chi connectivity index (χ1) is 22.6. The molecule has 0 aliphatic carbocycles. The van der Waals surface area contributed by atoms with Crippen molar-refractivity contribution in [3.8, 4) is 16.9 Å². The van der Waals surface area contributed by atoms with Gasteiger partial charge in [0.05, 0.1) is 30.1 Å². The van der Waals surface area contributed by atoms with Crippen molar-refractivity contribution < 1.29 is 14.3 Å². The number of aromatic nitrogens is 3. The maximum absolute atomic E-state index is 13.8. The second-order valence-electron chi connectivity index (χ2n) is 11.3. The number of benzene rings is 4. The van der Waals surface area contributed by atoms with Crippen LogP contribution in [0.1, 0.15) is 47.2 Å². The minimum atomic E-state index is -0.296. The SMILES string of the molecule is CCOC(=O)c1c(CCCOc2cccc3ccccc23)c2cccc(-c3c(C)n[nH]c3CBr)c2n1CCCNc1ccccc1. The zero-order valence-corrected chi connectivity index (χ0v) is 27.9. The van der Waals surface area contributed by atoms with E-state index in [-0.39, 0.29) is 5.97 Å². The predicted octanol–water partition coefficient (Wildman–Crippen LogP) is 9.08. The van der Waals surface area contributed by atoms with Gasteiger partial charge in [-0.05, 0) is 62.3 Å². The molecule has 0 aliphatic rings. The molecule has 6 rings (SSSR count). The molecule has 4 aromatic carbocycles. The number of carbonyl (C=O) groups is 1. The van der Waals surface area contributed by atoms with Crippen molar-refractivity contribution in [2.75, 3.05) is 25.1 Å². The van der Waals surface area contributed by atoms with E-state index in [1.807, 2.05) is 56.3 Å². The number of aryl methyl sites for hydroxylation is 3. The van der Waals surface area contributed by atoms with E-state index in [4.69, 9.17) is 9.47 Å². The number of anilines is 1. The van der Waals surface area contributed by atoms with Gasteiger partial charge in [0.15, 0.2) is 0 Å². The Hall–Kier alpha value is -4.56. The molecule has 6 aromatic rings. The molecular formula is C38H39BrN4O3. The van der Waals surface area contributed by atoms with E-state index in [1.54, 1.807) is 0 Å². The van der Waals surface area contributed by atoms with Crippen LogP contribution < -0.4 is 10.1 Å². The molecule has 0 bridgehead atoms. The summed E-state index contributed by atoms with van der Waals surface area (Å²) >= 11 is 3.64. The van der Waals surface area contributed by atoms with Gasteiger partial charge in [-0.3, -0.25) is 5.10 Å². The smallest absolute Gasteiger partial charge is 0.355 e. The molecule has 0 radical (unpaired) electrons. The van der Waals surface area contributed by atoms with Crippen molar-refractivity contribution >= 4 is 49.3 Å². The Morgan fingerprint density at radius 1 is 0.935 bits per heavy atom. The Balaban J connectivity index is 1.36. The molecule has 2 heterocycles. The number of fused-ring (bicyclic) bond motifs is 2. The molecule has 8 heteroatoms. The fraction of sp³-hybridized carbons (Fsp3) is 0.263. The number of hydrogen-bond donors (Lipinski definition) is 2. The molecule has 0 spiro atoms. The summed E-state index contributed by atoms with van der Waals surface area (Å²) in [5.41, 5.74) is 7.76. The number of aromatic amines is 1. The molecule has 0 unspecified atom stereocenters. The molecule has 2 N–H and O–H groups in total. The maximum atomic E-state index is 13.8. The van der Waals surface area contributed by atoms with E-state index in [9.17, 15) is 4.79 Å². The number of rotatable bonds is 14. The monoisotopic (exact) mass is 678 g/mol. The second-order valence-corrected chi connectivity index (χ2v) is 11.8. The third kappa shape index (κ3) is 6.53. The predicted molar refractivity (Wildman–Crippen MR) is 190 cm³/mol. The van der Waals surface area contributed by atoms with Crippen molar-refractivity contribution in [1.29, 1.82) is 0 Å². The van der Waals surface area contributed by atoms with Gasteiger partial charge in [0.2, 0.25) is 0 Å². The van der Waals surface area contributed by atoms with Crippen LogP contribution in [-0.4, -0.2) is 40.5 Å². The highest BCUT2D eigenvalue weighted by atomic mass is 79.9. The van der Waals surface area contributed by atoms with Gasteiger partial charge in [-0.15, -0.1) is 0 Å². The summed E-state index contributed by atoms with van der Waals surface area (Å²) in [6.07, 6.45) is 2.23. The molecule has 7 nitrogen and oxygen atoms in total. The third-order valence-electron chi connectivity index (χ3n) is 8.32. The van der Waals surface area contributed by atoms with Crippen molar-refractivity contribution in [2.24, 2.45) is 0 Å². The minimum absolute atomic E-state index is 0.296. The van der Waals surface area contributed by atoms with Crippen molar-refractivity contribution in [1.82, 2.24) is 14.8 Å². The van der Waals surface area contributed by atoms with Crippen molar-refractivity contribution in [3.05, 3.63) is 114 Å². The highest BCUT2D eigenvalue weighted by Crippen LogP contribution is 2.38. The molecule has 0 aliphatic heterocycles. The third-order valence-corrected chi connectivity index (χ3v) is 8.88. The number of hydrogen-bond acceptors (Lipinski definition) is 5. The number of ether oxygens (including phenoxy) is 2. The normalized spacial score (nSPS) is 11.3. The Labute approximate surface area is 278 Å². The van der Waals surface area contributed by atoms with E-state index in [1.165, 1.54) is 0 Å². The number of halogens is 1. The topological polar surface area (TPSA) is 81.2 Å². The first-order valence-electron chi connectivity index (χ1n) is 15.9. The van der Waals surface area contributed by atoms with Gasteiger partial charge < -0.3 is 19.4 Å². The highest BCUT2D eigenvalue weighted by Gasteiger charge is 2.27. The zero-order chi connectivity index (χ0) is 31.9. The lowest BCUT2D eigenvalue weighted by Crippen LogP contribution is -2.16. The molecule has 2 aromatic heterocycles. The molecule has 0 atom stereocenters. The Morgan fingerprint density at radius 3 is 2.52 bits per heavy atom. The zero-order valence-electron chi connectivity index (χ0n) is 26.3. The van der Waals surface area contributed by atoms with Crippen LogP contribution in [0.4, 0.5) is 5.69 Å². The summed E-state index contributed by atoms with van der Waals surface area (Å²) in [5, 5.41) is 15.2. The maximum Gasteiger partial charge on any atom is 0.355 e. The summed E-state index contributed by atoms with van der Waals surface area (Å²) in [4.78, 5) is 13.8. The number of nitrogens with zero attached hydrogens (tertiary/aromatic N) is 2. The van der Waals surface area contributed by atoms with Crippen LogP contribution in [0, 0.1) is 6.92 Å². The van der Waals surface area contributed by atoms with E-state index < -0.39 is 0 Å². The van der Waals surface area contributed by atoms with Gasteiger partial charge in [0.1, 0.15) is 11.4 Å². The number of alkyl halides is 1. The van der Waals surface area contributed by atoms with Gasteiger partial charge in [-0.1, -0.05) is 88.7 Å². The molecule has 0 fully saturated rings. The lowest BCUT2D eigenvalue weighted by molar-refractivity contribution is 0.0512. The largest absolute Gasteiger partial charge is 0.493 e. The molecule has 236 valence electrons. The van der Waals surface area contributed by atoms with Crippen LogP contribution in [-0.2, 0) is 23.0 Å². The number of H-pyrrole nitrogens is 1. The summed E-state index contributed by atoms with van der Waals surface area (Å²) < 4.78 is 14.2. The van der Waals surface area contributed by atoms with E-state index in [0.717, 1.165) is 80.6 Å². The Morgan fingerprint density at radius 2 is 1.70 bits per heavy atom. The van der Waals surface area contributed by atoms with Crippen LogP contribution in [0.5, 0.6) is 5.75 Å². The average molecular weight is 680 g/mol. The summed E-state index contributed by atoms with van der Waals surface area (Å²) in [6, 6.07) is 30.9. The van der Waals surface area contributed by atoms with Crippen LogP contribution in [0.2, 0.25) is 0 Å². The van der Waals surface area contributed by atoms with Gasteiger partial charge >= 0.3 is 5.97 Å². The van der Waals surface area contributed by atoms with Crippen molar-refractivity contribution in [3.63, 3.8) is 0 Å². The summed E-state index contributed by atoms with van der Waals surface area (Å²) in [5.74, 6) is 0.576. The molecular weight excluding hydrogens is 640 g/mol. The van der Waals surface area contributed by atoms with Gasteiger partial charge in [0.25, 0.3) is 0 Å². The van der Waals surface area contributed by atoms with Crippen LogP contribution >= 0.6 is 15.9 Å². The quantitative estimate of drug-likeness (QED) is 0.0682. The van der Waals surface area contributed by atoms with Crippen LogP contribution in [0.15, 0.2) is 91.0 Å². The lowest BCUT2D eigenvalue weighted by atomic mass is 9.98. The number of para-hydroxylation sites is 2. The fourth-order valence-electron chi connectivity index (χ4n) is 6.31. The molecule has 0 saturated carbocycles. The molecule has 0 amide bonds. The van der Waals surface area contributed by atoms with Crippen LogP contribution in [0.3, 0.4) is 0 Å². The standard InChI is InChI=1S/C38H39BrN4O3/c1-3-45-38(44)37-31(20-11-24-46-34-21-9-14-27-13-7-8-17-29(27)34)30-18-10-19-32(35-26(2)41-42-33(35)25-39)36(30)43(37)23-12-22-40-28-15-5-4-6-16-28/h4-10,13-19,21,40H,3,11-12,20,22-25H2,1-2H3,(H,41,42). The minimum Gasteiger partial charge on any atom is -0.493 e. The van der Waals surface area contributed by atoms with E-state index in [2.05, 4.69) is 84.5 Å². The molecule has 46 heavy (non-hydrogen) atoms. The van der Waals surface area contributed by atoms with E-state index >= 15 is 0 Å². The highest BCUT2D eigenvalue weighted by molar-refractivity contribution is 9.08. The number of nitrogens with one attached hydrogen (secondary N) is 2. The fourth-order valence-corrected chi connectivity index (χ4v) is 6.71. The summed E-state index contributed by atoms with van der Waals surface area (Å²) in [7, 11) is 0. The number of carbonyl (C=O) groups excluding carboxylic acids is 1. The van der Waals surface area contributed by atoms with Gasteiger partial charge in [-0.2, -0.15) is 5.10 Å².